The summed E-state index contributed by atoms with van der Waals surface area (Å²) in [5, 5.41) is 0.379. The number of benzene rings is 1. The van der Waals surface area contributed by atoms with Gasteiger partial charge in [-0.1, -0.05) is 23.7 Å². The zero-order valence-corrected chi connectivity index (χ0v) is 9.82. The number of aromatic nitrogens is 2. The van der Waals surface area contributed by atoms with Gasteiger partial charge in [-0.05, 0) is 12.1 Å². The van der Waals surface area contributed by atoms with Crippen LogP contribution in [0.15, 0.2) is 24.3 Å². The standard InChI is InChI=1S/C11H12ClN3O/c1-15-9(10(12)14-11(15)13)7-5-3-4-6-8(7)16-2/h3-6H,1-2H3,(H2,13,14). The topological polar surface area (TPSA) is 53.1 Å². The SMILES string of the molecule is COc1ccccc1-c1c(Cl)nc(N)n1C. The quantitative estimate of drug-likeness (QED) is 0.872. The van der Waals surface area contributed by atoms with Gasteiger partial charge in [-0.3, -0.25) is 0 Å². The van der Waals surface area contributed by atoms with E-state index in [0.717, 1.165) is 17.0 Å². The zero-order valence-electron chi connectivity index (χ0n) is 9.07. The summed E-state index contributed by atoms with van der Waals surface area (Å²) in [7, 11) is 3.43. The van der Waals surface area contributed by atoms with Crippen LogP contribution in [0.4, 0.5) is 5.95 Å². The smallest absolute Gasteiger partial charge is 0.201 e. The summed E-state index contributed by atoms with van der Waals surface area (Å²) in [4.78, 5) is 4.01. The van der Waals surface area contributed by atoms with Crippen LogP contribution in [0, 0.1) is 0 Å². The molecule has 0 aliphatic heterocycles. The largest absolute Gasteiger partial charge is 0.496 e. The van der Waals surface area contributed by atoms with Gasteiger partial charge in [0.15, 0.2) is 5.15 Å². The summed E-state index contributed by atoms with van der Waals surface area (Å²) < 4.78 is 7.01. The summed E-state index contributed by atoms with van der Waals surface area (Å²) in [6.45, 7) is 0. The molecule has 4 nitrogen and oxygen atoms in total. The van der Waals surface area contributed by atoms with Crippen molar-refractivity contribution in [3.8, 4) is 17.0 Å². The lowest BCUT2D eigenvalue weighted by Crippen LogP contribution is -1.99. The molecule has 0 fully saturated rings. The molecule has 1 aromatic carbocycles. The van der Waals surface area contributed by atoms with Crippen molar-refractivity contribution in [3.05, 3.63) is 29.4 Å². The molecule has 0 radical (unpaired) electrons. The lowest BCUT2D eigenvalue weighted by molar-refractivity contribution is 0.416. The van der Waals surface area contributed by atoms with Gasteiger partial charge in [-0.15, -0.1) is 0 Å². The molecule has 0 saturated carbocycles. The third kappa shape index (κ3) is 1.61. The van der Waals surface area contributed by atoms with Crippen LogP contribution < -0.4 is 10.5 Å². The summed E-state index contributed by atoms with van der Waals surface area (Å²) in [6.07, 6.45) is 0. The molecule has 0 unspecified atom stereocenters. The number of methoxy groups -OCH3 is 1. The number of para-hydroxylation sites is 1. The van der Waals surface area contributed by atoms with Crippen LogP contribution in [-0.2, 0) is 7.05 Å². The minimum absolute atomic E-state index is 0.379. The van der Waals surface area contributed by atoms with Crippen LogP contribution in [0.3, 0.4) is 0 Å². The second-order valence-electron chi connectivity index (χ2n) is 3.37. The first-order valence-corrected chi connectivity index (χ1v) is 5.14. The minimum atomic E-state index is 0.379. The number of hydrogen-bond donors (Lipinski definition) is 1. The molecule has 0 aliphatic carbocycles. The third-order valence-electron chi connectivity index (χ3n) is 2.45. The van der Waals surface area contributed by atoms with Gasteiger partial charge in [0.2, 0.25) is 5.95 Å². The minimum Gasteiger partial charge on any atom is -0.496 e. The van der Waals surface area contributed by atoms with Crippen molar-refractivity contribution in [1.82, 2.24) is 9.55 Å². The fourth-order valence-corrected chi connectivity index (χ4v) is 1.93. The Morgan fingerprint density at radius 3 is 2.62 bits per heavy atom. The number of rotatable bonds is 2. The molecule has 2 aromatic rings. The van der Waals surface area contributed by atoms with E-state index in [0.29, 0.717) is 11.1 Å². The molecule has 5 heteroatoms. The molecule has 0 bridgehead atoms. The van der Waals surface area contributed by atoms with E-state index < -0.39 is 0 Å². The van der Waals surface area contributed by atoms with Crippen LogP contribution in [0.2, 0.25) is 5.15 Å². The number of ether oxygens (including phenoxy) is 1. The van der Waals surface area contributed by atoms with Crippen molar-refractivity contribution in [2.75, 3.05) is 12.8 Å². The van der Waals surface area contributed by atoms with Gasteiger partial charge in [0.05, 0.1) is 12.8 Å². The molecule has 0 atom stereocenters. The highest BCUT2D eigenvalue weighted by molar-refractivity contribution is 6.32. The van der Waals surface area contributed by atoms with Gasteiger partial charge in [0, 0.05) is 12.6 Å². The Bertz CT molecular complexity index is 522. The Balaban J connectivity index is 2.67. The van der Waals surface area contributed by atoms with Gasteiger partial charge < -0.3 is 15.0 Å². The van der Waals surface area contributed by atoms with Crippen molar-refractivity contribution < 1.29 is 4.74 Å². The number of anilines is 1. The summed E-state index contributed by atoms with van der Waals surface area (Å²) >= 11 is 6.05. The monoisotopic (exact) mass is 237 g/mol. The molecule has 2 rings (SSSR count). The molecule has 0 saturated heterocycles. The highest BCUT2D eigenvalue weighted by atomic mass is 35.5. The molecule has 1 heterocycles. The maximum atomic E-state index is 6.05. The molecule has 84 valence electrons. The van der Waals surface area contributed by atoms with Gasteiger partial charge in [-0.25, -0.2) is 4.98 Å². The normalized spacial score (nSPS) is 10.4. The van der Waals surface area contributed by atoms with Gasteiger partial charge in [0.25, 0.3) is 0 Å². The van der Waals surface area contributed by atoms with Crippen LogP contribution in [0.5, 0.6) is 5.75 Å². The van der Waals surface area contributed by atoms with Crippen molar-refractivity contribution in [2.45, 2.75) is 0 Å². The summed E-state index contributed by atoms with van der Waals surface area (Å²) in [5.41, 5.74) is 7.33. The lowest BCUT2D eigenvalue weighted by Gasteiger charge is -2.09. The lowest BCUT2D eigenvalue weighted by atomic mass is 10.1. The summed E-state index contributed by atoms with van der Waals surface area (Å²) in [5.74, 6) is 1.12. The molecule has 1 aromatic heterocycles. The fraction of sp³-hybridized carbons (Fsp3) is 0.182. The van der Waals surface area contributed by atoms with E-state index >= 15 is 0 Å². The van der Waals surface area contributed by atoms with E-state index in [4.69, 9.17) is 22.1 Å². The van der Waals surface area contributed by atoms with E-state index in [-0.39, 0.29) is 0 Å². The molecule has 2 N–H and O–H groups in total. The average Bonchev–Trinajstić information content (AvgIpc) is 2.53. The second-order valence-corrected chi connectivity index (χ2v) is 3.73. The van der Waals surface area contributed by atoms with Gasteiger partial charge in [0.1, 0.15) is 5.75 Å². The number of imidazole rings is 1. The van der Waals surface area contributed by atoms with E-state index in [1.54, 1.807) is 11.7 Å². The Morgan fingerprint density at radius 1 is 1.38 bits per heavy atom. The van der Waals surface area contributed by atoms with E-state index in [1.807, 2.05) is 31.3 Å². The van der Waals surface area contributed by atoms with E-state index in [2.05, 4.69) is 4.98 Å². The zero-order chi connectivity index (χ0) is 11.7. The van der Waals surface area contributed by atoms with Crippen LogP contribution in [0.25, 0.3) is 11.3 Å². The molecule has 0 aliphatic rings. The average molecular weight is 238 g/mol. The van der Waals surface area contributed by atoms with Crippen LogP contribution in [-0.4, -0.2) is 16.7 Å². The highest BCUT2D eigenvalue weighted by Gasteiger charge is 2.16. The fourth-order valence-electron chi connectivity index (χ4n) is 1.61. The first kappa shape index (κ1) is 10.8. The first-order chi connectivity index (χ1) is 7.65. The molecular formula is C11H12ClN3O. The molecular weight excluding hydrogens is 226 g/mol. The number of halogens is 1. The number of nitrogens with two attached hydrogens (primary N) is 1. The van der Waals surface area contributed by atoms with Crippen molar-refractivity contribution in [1.29, 1.82) is 0 Å². The predicted octanol–water partition coefficient (Wildman–Crippen LogP) is 2.33. The molecule has 0 amide bonds. The van der Waals surface area contributed by atoms with Gasteiger partial charge >= 0.3 is 0 Å². The van der Waals surface area contributed by atoms with Crippen molar-refractivity contribution in [3.63, 3.8) is 0 Å². The molecule has 16 heavy (non-hydrogen) atoms. The molecule has 0 spiro atoms. The Hall–Kier alpha value is -1.68. The Labute approximate surface area is 98.6 Å². The summed E-state index contributed by atoms with van der Waals surface area (Å²) in [6, 6.07) is 7.60. The predicted molar refractivity (Wildman–Crippen MR) is 64.6 cm³/mol. The highest BCUT2D eigenvalue weighted by Crippen LogP contribution is 2.35. The van der Waals surface area contributed by atoms with Crippen molar-refractivity contribution in [2.24, 2.45) is 7.05 Å². The third-order valence-corrected chi connectivity index (χ3v) is 2.71. The van der Waals surface area contributed by atoms with Crippen molar-refractivity contribution >= 4 is 17.5 Å². The van der Waals surface area contributed by atoms with E-state index in [1.165, 1.54) is 0 Å². The maximum absolute atomic E-state index is 6.05. The number of nitrogen functional groups attached to an aromatic ring is 1. The Morgan fingerprint density at radius 2 is 2.06 bits per heavy atom. The Kier molecular flexibility index (Phi) is 2.75. The van der Waals surface area contributed by atoms with E-state index in [9.17, 15) is 0 Å². The van der Waals surface area contributed by atoms with Crippen LogP contribution in [0.1, 0.15) is 0 Å². The number of nitrogens with zero attached hydrogens (tertiary/aromatic N) is 2. The maximum Gasteiger partial charge on any atom is 0.201 e. The van der Waals surface area contributed by atoms with Crippen LogP contribution >= 0.6 is 11.6 Å². The van der Waals surface area contributed by atoms with Gasteiger partial charge in [-0.2, -0.15) is 0 Å². The number of hydrogen-bond acceptors (Lipinski definition) is 3. The second kappa shape index (κ2) is 4.06. The first-order valence-electron chi connectivity index (χ1n) is 4.76.